The molecule has 1 amide bonds. The molecule has 0 spiro atoms. The first-order chi connectivity index (χ1) is 9.21. The quantitative estimate of drug-likeness (QED) is 0.587. The van der Waals surface area contributed by atoms with E-state index in [1.54, 1.807) is 0 Å². The lowest BCUT2D eigenvalue weighted by molar-refractivity contribution is 0.0952. The van der Waals surface area contributed by atoms with Crippen molar-refractivity contribution in [3.8, 4) is 0 Å². The second kappa shape index (κ2) is 8.94. The maximum atomic E-state index is 11.9. The number of carbonyl (C=O) groups excluding carboxylic acids is 1. The van der Waals surface area contributed by atoms with Crippen LogP contribution in [0.3, 0.4) is 0 Å². The van der Waals surface area contributed by atoms with Gasteiger partial charge in [-0.2, -0.15) is 0 Å². The van der Waals surface area contributed by atoms with Crippen molar-refractivity contribution >= 4 is 17.5 Å². The van der Waals surface area contributed by atoms with Crippen LogP contribution in [0.2, 0.25) is 0 Å². The highest BCUT2D eigenvalue weighted by atomic mass is 35.5. The summed E-state index contributed by atoms with van der Waals surface area (Å²) < 4.78 is 0. The predicted molar refractivity (Wildman–Crippen MR) is 80.7 cm³/mol. The van der Waals surface area contributed by atoms with Gasteiger partial charge in [-0.15, -0.1) is 11.6 Å². The van der Waals surface area contributed by atoms with E-state index in [4.69, 9.17) is 11.6 Å². The van der Waals surface area contributed by atoms with Crippen molar-refractivity contribution < 1.29 is 4.79 Å². The van der Waals surface area contributed by atoms with E-state index in [2.05, 4.69) is 24.1 Å². The van der Waals surface area contributed by atoms with Crippen molar-refractivity contribution in [2.45, 2.75) is 26.1 Å². The Labute approximate surface area is 120 Å². The molecule has 1 rings (SSSR count). The molecule has 19 heavy (non-hydrogen) atoms. The number of halogens is 1. The third kappa shape index (κ3) is 5.62. The fourth-order valence-corrected chi connectivity index (χ4v) is 2.07. The summed E-state index contributed by atoms with van der Waals surface area (Å²) in [5.74, 6) is 0.465. The molecule has 0 aliphatic carbocycles. The molecule has 106 valence electrons. The number of alkyl halides is 1. The van der Waals surface area contributed by atoms with Gasteiger partial charge < -0.3 is 10.2 Å². The van der Waals surface area contributed by atoms with Gasteiger partial charge in [0.05, 0.1) is 0 Å². The zero-order valence-corrected chi connectivity index (χ0v) is 12.5. The monoisotopic (exact) mass is 282 g/mol. The molecule has 3 nitrogen and oxygen atoms in total. The summed E-state index contributed by atoms with van der Waals surface area (Å²) in [6, 6.07) is 7.41. The number of rotatable bonds is 8. The van der Waals surface area contributed by atoms with E-state index >= 15 is 0 Å². The van der Waals surface area contributed by atoms with Crippen LogP contribution in [0.15, 0.2) is 24.3 Å². The Morgan fingerprint density at radius 2 is 1.84 bits per heavy atom. The maximum absolute atomic E-state index is 11.9. The molecule has 0 unspecified atom stereocenters. The minimum atomic E-state index is -0.0133. The predicted octanol–water partition coefficient (Wildman–Crippen LogP) is 2.89. The fourth-order valence-electron chi connectivity index (χ4n) is 1.89. The highest BCUT2D eigenvalue weighted by molar-refractivity contribution is 6.17. The summed E-state index contributed by atoms with van der Waals surface area (Å²) in [6.07, 6.45) is 0.979. The zero-order chi connectivity index (χ0) is 14.1. The van der Waals surface area contributed by atoms with Gasteiger partial charge in [0.1, 0.15) is 0 Å². The molecule has 1 aromatic carbocycles. The van der Waals surface area contributed by atoms with E-state index < -0.39 is 0 Å². The minimum Gasteiger partial charge on any atom is -0.352 e. The van der Waals surface area contributed by atoms with E-state index in [0.717, 1.165) is 31.6 Å². The van der Waals surface area contributed by atoms with Crippen molar-refractivity contribution in [1.82, 2.24) is 10.2 Å². The Balaban J connectivity index is 2.30. The third-order valence-electron chi connectivity index (χ3n) is 3.20. The topological polar surface area (TPSA) is 32.3 Å². The first-order valence-electron chi connectivity index (χ1n) is 6.86. The Morgan fingerprint density at radius 1 is 1.21 bits per heavy atom. The van der Waals surface area contributed by atoms with E-state index in [1.165, 1.54) is 0 Å². The van der Waals surface area contributed by atoms with Crippen LogP contribution in [0.4, 0.5) is 0 Å². The highest BCUT2D eigenvalue weighted by Crippen LogP contribution is 2.06. The molecule has 0 aliphatic rings. The normalized spacial score (nSPS) is 10.7. The summed E-state index contributed by atoms with van der Waals surface area (Å²) >= 11 is 5.71. The average Bonchev–Trinajstić information content (AvgIpc) is 2.47. The van der Waals surface area contributed by atoms with Gasteiger partial charge in [-0.25, -0.2) is 0 Å². The SMILES string of the molecule is CCN(CC)CCCNC(=O)c1ccc(CCl)cc1. The molecule has 1 N–H and O–H groups in total. The van der Waals surface area contributed by atoms with Crippen LogP contribution in [0.5, 0.6) is 0 Å². The van der Waals surface area contributed by atoms with Gasteiger partial charge in [-0.1, -0.05) is 26.0 Å². The van der Waals surface area contributed by atoms with Crippen LogP contribution in [-0.2, 0) is 5.88 Å². The molecular formula is C15H23ClN2O. The molecule has 0 saturated heterocycles. The molecule has 0 atom stereocenters. The molecule has 0 bridgehead atoms. The lowest BCUT2D eigenvalue weighted by Crippen LogP contribution is -2.29. The second-order valence-electron chi connectivity index (χ2n) is 4.47. The van der Waals surface area contributed by atoms with E-state index in [0.29, 0.717) is 18.0 Å². The Kier molecular flexibility index (Phi) is 7.53. The van der Waals surface area contributed by atoms with Crippen LogP contribution in [0, 0.1) is 0 Å². The number of hydrogen-bond acceptors (Lipinski definition) is 2. The summed E-state index contributed by atoms with van der Waals surface area (Å²) in [6.45, 7) is 8.17. The van der Waals surface area contributed by atoms with Crippen LogP contribution >= 0.6 is 11.6 Å². The Hall–Kier alpha value is -1.06. The van der Waals surface area contributed by atoms with E-state index in [9.17, 15) is 4.79 Å². The first-order valence-corrected chi connectivity index (χ1v) is 7.40. The number of carbonyl (C=O) groups is 1. The van der Waals surface area contributed by atoms with Crippen molar-refractivity contribution in [1.29, 1.82) is 0 Å². The van der Waals surface area contributed by atoms with Crippen molar-refractivity contribution in [3.63, 3.8) is 0 Å². The molecule has 0 aromatic heterocycles. The van der Waals surface area contributed by atoms with Crippen molar-refractivity contribution in [2.75, 3.05) is 26.2 Å². The van der Waals surface area contributed by atoms with Gasteiger partial charge in [0.15, 0.2) is 0 Å². The molecule has 4 heteroatoms. The van der Waals surface area contributed by atoms with Crippen molar-refractivity contribution in [3.05, 3.63) is 35.4 Å². The summed E-state index contributed by atoms with van der Waals surface area (Å²) in [5, 5.41) is 2.94. The van der Waals surface area contributed by atoms with E-state index in [-0.39, 0.29) is 5.91 Å². The van der Waals surface area contributed by atoms with Crippen LogP contribution in [0.25, 0.3) is 0 Å². The molecule has 0 radical (unpaired) electrons. The van der Waals surface area contributed by atoms with Gasteiger partial charge in [0.2, 0.25) is 0 Å². The smallest absolute Gasteiger partial charge is 0.251 e. The Morgan fingerprint density at radius 3 is 2.37 bits per heavy atom. The highest BCUT2D eigenvalue weighted by Gasteiger charge is 2.05. The minimum absolute atomic E-state index is 0.0133. The average molecular weight is 283 g/mol. The largest absolute Gasteiger partial charge is 0.352 e. The van der Waals surface area contributed by atoms with Crippen molar-refractivity contribution in [2.24, 2.45) is 0 Å². The fraction of sp³-hybridized carbons (Fsp3) is 0.533. The molecular weight excluding hydrogens is 260 g/mol. The molecule has 0 heterocycles. The maximum Gasteiger partial charge on any atom is 0.251 e. The molecule has 0 saturated carbocycles. The molecule has 0 fully saturated rings. The summed E-state index contributed by atoms with van der Waals surface area (Å²) in [4.78, 5) is 14.2. The number of amides is 1. The van der Waals surface area contributed by atoms with Crippen LogP contribution < -0.4 is 5.32 Å². The first kappa shape index (κ1) is 16.0. The van der Waals surface area contributed by atoms with Crippen LogP contribution in [0.1, 0.15) is 36.2 Å². The zero-order valence-electron chi connectivity index (χ0n) is 11.8. The number of nitrogens with zero attached hydrogens (tertiary/aromatic N) is 1. The van der Waals surface area contributed by atoms with Gasteiger partial charge >= 0.3 is 0 Å². The number of benzene rings is 1. The second-order valence-corrected chi connectivity index (χ2v) is 4.73. The number of hydrogen-bond donors (Lipinski definition) is 1. The van der Waals surface area contributed by atoms with Gasteiger partial charge in [0, 0.05) is 18.0 Å². The van der Waals surface area contributed by atoms with Gasteiger partial charge in [-0.05, 0) is 43.8 Å². The lowest BCUT2D eigenvalue weighted by atomic mass is 10.1. The van der Waals surface area contributed by atoms with Gasteiger partial charge in [-0.3, -0.25) is 4.79 Å². The summed E-state index contributed by atoms with van der Waals surface area (Å²) in [7, 11) is 0. The lowest BCUT2D eigenvalue weighted by Gasteiger charge is -2.17. The third-order valence-corrected chi connectivity index (χ3v) is 3.51. The molecule has 1 aromatic rings. The standard InChI is InChI=1S/C15H23ClN2O/c1-3-18(4-2)11-5-10-17-15(19)14-8-6-13(12-16)7-9-14/h6-9H,3-5,10-12H2,1-2H3,(H,17,19). The summed E-state index contributed by atoms with van der Waals surface area (Å²) in [5.41, 5.74) is 1.72. The van der Waals surface area contributed by atoms with Gasteiger partial charge in [0.25, 0.3) is 5.91 Å². The number of nitrogens with one attached hydrogen (secondary N) is 1. The Bertz CT molecular complexity index is 374. The molecule has 0 aliphatic heterocycles. The van der Waals surface area contributed by atoms with Crippen LogP contribution in [-0.4, -0.2) is 37.0 Å². The van der Waals surface area contributed by atoms with E-state index in [1.807, 2.05) is 24.3 Å².